The summed E-state index contributed by atoms with van der Waals surface area (Å²) in [6, 6.07) is 19.2. The van der Waals surface area contributed by atoms with E-state index in [0.717, 1.165) is 22.6 Å². The van der Waals surface area contributed by atoms with Crippen molar-refractivity contribution < 1.29 is 18.9 Å². The van der Waals surface area contributed by atoms with Crippen molar-refractivity contribution in [1.29, 1.82) is 0 Å². The number of amides is 2. The van der Waals surface area contributed by atoms with Gasteiger partial charge in [0, 0.05) is 18.1 Å². The third-order valence-electron chi connectivity index (χ3n) is 4.51. The topological polar surface area (TPSA) is 98.0 Å². The zero-order valence-electron chi connectivity index (χ0n) is 16.5. The van der Waals surface area contributed by atoms with E-state index in [4.69, 9.17) is 14.1 Å². The van der Waals surface area contributed by atoms with Gasteiger partial charge in [0.2, 0.25) is 0 Å². The maximum absolute atomic E-state index is 11.9. The Bertz CT molecular complexity index is 1030. The number of anilines is 1. The number of para-hydroxylation sites is 1. The third kappa shape index (κ3) is 4.96. The highest BCUT2D eigenvalue weighted by Crippen LogP contribution is 2.30. The van der Waals surface area contributed by atoms with Gasteiger partial charge >= 0.3 is 6.03 Å². The zero-order valence-corrected chi connectivity index (χ0v) is 16.5. The van der Waals surface area contributed by atoms with E-state index in [2.05, 4.69) is 20.9 Å². The Labute approximate surface area is 173 Å². The molecule has 0 spiro atoms. The summed E-state index contributed by atoms with van der Waals surface area (Å²) in [4.78, 5) is 17.4. The van der Waals surface area contributed by atoms with E-state index in [9.17, 15) is 4.79 Å². The van der Waals surface area contributed by atoms with E-state index in [0.29, 0.717) is 24.6 Å². The van der Waals surface area contributed by atoms with Crippen LogP contribution in [0.5, 0.6) is 5.75 Å². The number of oxime groups is 1. The van der Waals surface area contributed by atoms with E-state index in [-0.39, 0.29) is 18.7 Å². The van der Waals surface area contributed by atoms with Gasteiger partial charge in [-0.3, -0.25) is 5.32 Å². The van der Waals surface area contributed by atoms with Crippen molar-refractivity contribution >= 4 is 17.6 Å². The molecule has 0 radical (unpaired) electrons. The molecular formula is C22H22N4O4. The van der Waals surface area contributed by atoms with Crippen molar-refractivity contribution in [3.8, 4) is 16.9 Å². The molecule has 0 bridgehead atoms. The molecule has 4 rings (SSSR count). The molecule has 2 N–H and O–H groups in total. The number of carbonyl (C=O) groups is 1. The largest absolute Gasteiger partial charge is 0.489 e. The molecule has 8 heteroatoms. The predicted molar refractivity (Wildman–Crippen MR) is 113 cm³/mol. The third-order valence-corrected chi connectivity index (χ3v) is 4.51. The lowest BCUT2D eigenvalue weighted by Gasteiger charge is -2.14. The van der Waals surface area contributed by atoms with Crippen LogP contribution in [-0.2, 0) is 4.84 Å². The monoisotopic (exact) mass is 406 g/mol. The molecule has 1 aliphatic heterocycles. The normalized spacial score (nSPS) is 15.2. The van der Waals surface area contributed by atoms with Gasteiger partial charge < -0.3 is 19.4 Å². The number of urea groups is 1. The first-order valence-electron chi connectivity index (χ1n) is 9.64. The molecule has 1 atom stereocenters. The van der Waals surface area contributed by atoms with Crippen molar-refractivity contribution in [3.05, 3.63) is 66.4 Å². The second-order valence-electron chi connectivity index (χ2n) is 6.89. The predicted octanol–water partition coefficient (Wildman–Crippen LogP) is 4.00. The van der Waals surface area contributed by atoms with Crippen molar-refractivity contribution in [2.45, 2.75) is 19.4 Å². The van der Waals surface area contributed by atoms with Gasteiger partial charge in [0.15, 0.2) is 11.9 Å². The summed E-state index contributed by atoms with van der Waals surface area (Å²) >= 11 is 0. The van der Waals surface area contributed by atoms with Crippen molar-refractivity contribution in [1.82, 2.24) is 10.5 Å². The maximum Gasteiger partial charge on any atom is 0.320 e. The lowest BCUT2D eigenvalue weighted by atomic mass is 10.0. The van der Waals surface area contributed by atoms with Crippen LogP contribution in [0.1, 0.15) is 12.2 Å². The van der Waals surface area contributed by atoms with Gasteiger partial charge in [0.25, 0.3) is 0 Å². The lowest BCUT2D eigenvalue weighted by molar-refractivity contribution is 0.0472. The molecule has 8 nitrogen and oxygen atoms in total. The van der Waals surface area contributed by atoms with Crippen LogP contribution < -0.4 is 15.4 Å². The molecule has 154 valence electrons. The van der Waals surface area contributed by atoms with Gasteiger partial charge in [-0.2, -0.15) is 0 Å². The van der Waals surface area contributed by atoms with Crippen molar-refractivity contribution in [3.63, 3.8) is 0 Å². The van der Waals surface area contributed by atoms with Crippen LogP contribution in [0.3, 0.4) is 0 Å². The van der Waals surface area contributed by atoms with Gasteiger partial charge in [-0.1, -0.05) is 58.8 Å². The molecule has 0 saturated carbocycles. The number of benzene rings is 2. The molecular weight excluding hydrogens is 384 g/mol. The summed E-state index contributed by atoms with van der Waals surface area (Å²) in [6.07, 6.45) is 0.378. The number of ether oxygens (including phenoxy) is 1. The highest BCUT2D eigenvalue weighted by atomic mass is 16.7. The average Bonchev–Trinajstić information content (AvgIpc) is 3.40. The average molecular weight is 406 g/mol. The minimum Gasteiger partial charge on any atom is -0.489 e. The summed E-state index contributed by atoms with van der Waals surface area (Å²) in [6.45, 7) is 2.39. The first-order chi connectivity index (χ1) is 14.7. The smallest absolute Gasteiger partial charge is 0.320 e. The molecule has 2 heterocycles. The van der Waals surface area contributed by atoms with E-state index < -0.39 is 0 Å². The molecule has 3 aromatic rings. The standard InChI is InChI=1S/C22H22N4O4/c1-15-11-21(26-29-15)24-22(27)23-13-17-12-18(30-25-17)14-28-20-10-6-5-9-19(20)16-7-3-2-4-8-16/h2-11,18H,12-14H2,1H3,(H2,23,24,26,27). The number of carbonyl (C=O) groups excluding carboxylic acids is 1. The summed E-state index contributed by atoms with van der Waals surface area (Å²) in [7, 11) is 0. The molecule has 1 unspecified atom stereocenters. The number of hydrogen-bond donors (Lipinski definition) is 2. The maximum atomic E-state index is 11.9. The van der Waals surface area contributed by atoms with Crippen LogP contribution in [0, 0.1) is 6.92 Å². The first kappa shape index (κ1) is 19.5. The Kier molecular flexibility index (Phi) is 5.93. The van der Waals surface area contributed by atoms with Crippen LogP contribution >= 0.6 is 0 Å². The zero-order chi connectivity index (χ0) is 20.8. The fourth-order valence-electron chi connectivity index (χ4n) is 3.08. The quantitative estimate of drug-likeness (QED) is 0.618. The van der Waals surface area contributed by atoms with Crippen LogP contribution in [0.15, 0.2) is 70.3 Å². The highest BCUT2D eigenvalue weighted by Gasteiger charge is 2.22. The lowest BCUT2D eigenvalue weighted by Crippen LogP contribution is -2.33. The Morgan fingerprint density at radius 1 is 1.17 bits per heavy atom. The summed E-state index contributed by atoms with van der Waals surface area (Å²) in [5, 5.41) is 13.1. The Hall–Kier alpha value is -3.81. The molecule has 0 fully saturated rings. The van der Waals surface area contributed by atoms with Crippen molar-refractivity contribution in [2.24, 2.45) is 5.16 Å². The van der Waals surface area contributed by atoms with Crippen molar-refractivity contribution in [2.75, 3.05) is 18.5 Å². The van der Waals surface area contributed by atoms with Crippen LogP contribution in [0.2, 0.25) is 0 Å². The molecule has 0 aliphatic carbocycles. The first-order valence-corrected chi connectivity index (χ1v) is 9.64. The fourth-order valence-corrected chi connectivity index (χ4v) is 3.08. The second kappa shape index (κ2) is 9.13. The number of aryl methyl sites for hydroxylation is 1. The summed E-state index contributed by atoms with van der Waals surface area (Å²) in [5.74, 6) is 1.77. The summed E-state index contributed by atoms with van der Waals surface area (Å²) < 4.78 is 10.9. The Morgan fingerprint density at radius 2 is 1.97 bits per heavy atom. The van der Waals surface area contributed by atoms with Gasteiger partial charge in [0.1, 0.15) is 18.1 Å². The second-order valence-corrected chi connectivity index (χ2v) is 6.89. The molecule has 2 amide bonds. The number of hydrogen-bond acceptors (Lipinski definition) is 6. The van der Waals surface area contributed by atoms with Gasteiger partial charge in [-0.25, -0.2) is 4.79 Å². The van der Waals surface area contributed by atoms with Gasteiger partial charge in [0.05, 0.1) is 12.3 Å². The minimum absolute atomic E-state index is 0.202. The van der Waals surface area contributed by atoms with E-state index in [1.165, 1.54) is 0 Å². The molecule has 1 aromatic heterocycles. The Morgan fingerprint density at radius 3 is 2.77 bits per heavy atom. The van der Waals surface area contributed by atoms with Gasteiger partial charge in [-0.05, 0) is 18.6 Å². The molecule has 0 saturated heterocycles. The van der Waals surface area contributed by atoms with E-state index in [1.807, 2.05) is 54.6 Å². The number of nitrogens with one attached hydrogen (secondary N) is 2. The molecule has 1 aliphatic rings. The summed E-state index contributed by atoms with van der Waals surface area (Å²) in [5.41, 5.74) is 2.86. The molecule has 2 aromatic carbocycles. The van der Waals surface area contributed by atoms with E-state index in [1.54, 1.807) is 13.0 Å². The van der Waals surface area contributed by atoms with Crippen LogP contribution in [0.25, 0.3) is 11.1 Å². The number of nitrogens with zero attached hydrogens (tertiary/aromatic N) is 2. The number of rotatable bonds is 7. The van der Waals surface area contributed by atoms with Crippen LogP contribution in [0.4, 0.5) is 10.6 Å². The van der Waals surface area contributed by atoms with Crippen LogP contribution in [-0.4, -0.2) is 36.2 Å². The number of aromatic nitrogens is 1. The highest BCUT2D eigenvalue weighted by molar-refractivity contribution is 5.94. The molecule has 30 heavy (non-hydrogen) atoms. The van der Waals surface area contributed by atoms with E-state index >= 15 is 0 Å². The minimum atomic E-state index is -0.387. The van der Waals surface area contributed by atoms with Gasteiger partial charge in [-0.15, -0.1) is 0 Å². The fraction of sp³-hybridized carbons (Fsp3) is 0.227. The SMILES string of the molecule is Cc1cc(NC(=O)NCC2=NOC(COc3ccccc3-c3ccccc3)C2)no1. The Balaban J connectivity index is 1.24.